The topological polar surface area (TPSA) is 34.9 Å². The largest absolute Gasteiger partial charge is 0.282 e. The summed E-state index contributed by atoms with van der Waals surface area (Å²) in [7, 11) is 0. The highest BCUT2D eigenvalue weighted by Gasteiger charge is 2.29. The van der Waals surface area contributed by atoms with Gasteiger partial charge in [-0.3, -0.25) is 9.48 Å². The molecule has 1 aromatic rings. The van der Waals surface area contributed by atoms with Gasteiger partial charge >= 0.3 is 0 Å². The zero-order chi connectivity index (χ0) is 11.0. The van der Waals surface area contributed by atoms with Gasteiger partial charge in [-0.1, -0.05) is 0 Å². The van der Waals surface area contributed by atoms with E-state index in [-0.39, 0.29) is 18.2 Å². The Morgan fingerprint density at radius 1 is 1.67 bits per heavy atom. The molecule has 1 saturated carbocycles. The number of aromatic nitrogens is 2. The van der Waals surface area contributed by atoms with Crippen LogP contribution >= 0.6 is 11.6 Å². The third kappa shape index (κ3) is 2.34. The zero-order valence-corrected chi connectivity index (χ0v) is 8.55. The van der Waals surface area contributed by atoms with E-state index in [4.69, 9.17) is 11.6 Å². The van der Waals surface area contributed by atoms with Crippen LogP contribution in [0.2, 0.25) is 0 Å². The average molecular weight is 235 g/mol. The molecule has 2 rings (SSSR count). The van der Waals surface area contributed by atoms with E-state index in [9.17, 15) is 13.6 Å². The van der Waals surface area contributed by atoms with Gasteiger partial charge in [-0.25, -0.2) is 8.78 Å². The summed E-state index contributed by atoms with van der Waals surface area (Å²) in [6.45, 7) is -0.139. The van der Waals surface area contributed by atoms with E-state index in [1.54, 1.807) is 0 Å². The first-order valence-corrected chi connectivity index (χ1v) is 5.00. The van der Waals surface area contributed by atoms with Gasteiger partial charge in [0.25, 0.3) is 6.43 Å². The Bertz CT molecular complexity index is 387. The minimum absolute atomic E-state index is 0.139. The smallest absolute Gasteiger partial charge is 0.279 e. The van der Waals surface area contributed by atoms with Crippen LogP contribution in [-0.2, 0) is 11.3 Å². The fourth-order valence-corrected chi connectivity index (χ4v) is 1.62. The number of nitrogens with zero attached hydrogens (tertiary/aromatic N) is 2. The first kappa shape index (κ1) is 10.5. The zero-order valence-electron chi connectivity index (χ0n) is 7.79. The van der Waals surface area contributed by atoms with Crippen molar-refractivity contribution >= 4 is 16.8 Å². The molecule has 1 aromatic heterocycles. The molecule has 0 unspecified atom stereocenters. The molecule has 0 aliphatic heterocycles. The highest BCUT2D eigenvalue weighted by molar-refractivity contribution is 6.63. The van der Waals surface area contributed by atoms with E-state index >= 15 is 0 Å². The van der Waals surface area contributed by atoms with Gasteiger partial charge < -0.3 is 0 Å². The van der Waals surface area contributed by atoms with E-state index in [2.05, 4.69) is 5.10 Å². The molecule has 1 aliphatic carbocycles. The number of carbonyl (C=O) groups excluding carboxylic acids is 1. The van der Waals surface area contributed by atoms with Crippen molar-refractivity contribution in [1.29, 1.82) is 0 Å². The molecule has 82 valence electrons. The summed E-state index contributed by atoms with van der Waals surface area (Å²) in [6.07, 6.45) is -0.676. The van der Waals surface area contributed by atoms with Crippen molar-refractivity contribution in [3.05, 3.63) is 17.5 Å². The fourth-order valence-electron chi connectivity index (χ4n) is 1.51. The molecule has 0 atom stereocenters. The monoisotopic (exact) mass is 234 g/mol. The Kier molecular flexibility index (Phi) is 2.73. The second-order valence-corrected chi connectivity index (χ2v) is 4.00. The maximum absolute atomic E-state index is 12.4. The SMILES string of the molecule is O=C(Cl)Cn1nc(C(F)F)cc1C1CC1. The number of alkyl halides is 2. The molecule has 1 heterocycles. The Hall–Kier alpha value is -0.970. The molecule has 3 nitrogen and oxygen atoms in total. The van der Waals surface area contributed by atoms with Crippen molar-refractivity contribution in [3.8, 4) is 0 Å². The molecule has 0 amide bonds. The summed E-state index contributed by atoms with van der Waals surface area (Å²) in [5.74, 6) is 0.265. The van der Waals surface area contributed by atoms with Crippen molar-refractivity contribution in [2.24, 2.45) is 0 Å². The molecular weight excluding hydrogens is 226 g/mol. The number of hydrogen-bond donors (Lipinski definition) is 0. The summed E-state index contributed by atoms with van der Waals surface area (Å²) in [5, 5.41) is 3.08. The Balaban J connectivity index is 2.28. The number of hydrogen-bond acceptors (Lipinski definition) is 2. The van der Waals surface area contributed by atoms with Gasteiger partial charge in [-0.2, -0.15) is 5.10 Å². The molecule has 0 N–H and O–H groups in total. The van der Waals surface area contributed by atoms with Crippen LogP contribution in [0.3, 0.4) is 0 Å². The Morgan fingerprint density at radius 2 is 2.33 bits per heavy atom. The van der Waals surface area contributed by atoms with Crippen molar-refractivity contribution < 1.29 is 13.6 Å². The third-order valence-electron chi connectivity index (χ3n) is 2.32. The first-order chi connectivity index (χ1) is 7.08. The normalized spacial score (nSPS) is 16.0. The van der Waals surface area contributed by atoms with E-state index in [0.717, 1.165) is 12.8 Å². The molecule has 1 aliphatic rings. The lowest BCUT2D eigenvalue weighted by molar-refractivity contribution is -0.112. The van der Waals surface area contributed by atoms with Crippen LogP contribution in [0.15, 0.2) is 6.07 Å². The van der Waals surface area contributed by atoms with Gasteiger partial charge in [-0.15, -0.1) is 0 Å². The van der Waals surface area contributed by atoms with E-state index in [0.29, 0.717) is 5.69 Å². The summed E-state index contributed by atoms with van der Waals surface area (Å²) in [6, 6.07) is 1.36. The molecule has 0 radical (unpaired) electrons. The minimum Gasteiger partial charge on any atom is -0.279 e. The van der Waals surface area contributed by atoms with E-state index in [1.165, 1.54) is 10.7 Å². The highest BCUT2D eigenvalue weighted by atomic mass is 35.5. The maximum atomic E-state index is 12.4. The number of carbonyl (C=O) groups is 1. The van der Waals surface area contributed by atoms with Gasteiger partial charge in [0.2, 0.25) is 5.24 Å². The molecule has 0 bridgehead atoms. The van der Waals surface area contributed by atoms with Crippen LogP contribution in [0.5, 0.6) is 0 Å². The molecule has 0 saturated heterocycles. The lowest BCUT2D eigenvalue weighted by Gasteiger charge is -2.01. The second kappa shape index (κ2) is 3.89. The van der Waals surface area contributed by atoms with E-state index < -0.39 is 11.7 Å². The Labute approximate surface area is 90.0 Å². The average Bonchev–Trinajstić information content (AvgIpc) is 2.88. The van der Waals surface area contributed by atoms with Crippen LogP contribution in [0, 0.1) is 0 Å². The van der Waals surface area contributed by atoms with Crippen LogP contribution in [0.1, 0.15) is 36.6 Å². The van der Waals surface area contributed by atoms with Gasteiger partial charge in [0.15, 0.2) is 0 Å². The van der Waals surface area contributed by atoms with Gasteiger partial charge in [0.1, 0.15) is 12.2 Å². The summed E-state index contributed by atoms with van der Waals surface area (Å²) in [4.78, 5) is 10.7. The van der Waals surface area contributed by atoms with Crippen molar-refractivity contribution in [2.45, 2.75) is 31.7 Å². The highest BCUT2D eigenvalue weighted by Crippen LogP contribution is 2.41. The van der Waals surface area contributed by atoms with Crippen molar-refractivity contribution in [3.63, 3.8) is 0 Å². The molecular formula is C9H9ClF2N2O. The molecule has 0 aromatic carbocycles. The maximum Gasteiger partial charge on any atom is 0.282 e. The summed E-state index contributed by atoms with van der Waals surface area (Å²) < 4.78 is 26.1. The predicted octanol–water partition coefficient (Wildman–Crippen LogP) is 2.46. The summed E-state index contributed by atoms with van der Waals surface area (Å²) >= 11 is 5.21. The second-order valence-electron chi connectivity index (χ2n) is 3.58. The van der Waals surface area contributed by atoms with Crippen LogP contribution in [-0.4, -0.2) is 15.0 Å². The molecule has 15 heavy (non-hydrogen) atoms. The van der Waals surface area contributed by atoms with Gasteiger partial charge in [0.05, 0.1) is 0 Å². The standard InChI is InChI=1S/C9H9ClF2N2O/c10-8(15)4-14-7(5-1-2-5)3-6(13-14)9(11)12/h3,5,9H,1-2,4H2. The number of rotatable bonds is 4. The molecule has 1 fully saturated rings. The quantitative estimate of drug-likeness (QED) is 0.750. The van der Waals surface area contributed by atoms with Crippen LogP contribution < -0.4 is 0 Å². The van der Waals surface area contributed by atoms with Crippen LogP contribution in [0.25, 0.3) is 0 Å². The van der Waals surface area contributed by atoms with Crippen molar-refractivity contribution in [2.75, 3.05) is 0 Å². The summed E-state index contributed by atoms with van der Waals surface area (Å²) in [5.41, 5.74) is 0.411. The lowest BCUT2D eigenvalue weighted by atomic mass is 10.2. The fraction of sp³-hybridized carbons (Fsp3) is 0.556. The van der Waals surface area contributed by atoms with Crippen molar-refractivity contribution in [1.82, 2.24) is 9.78 Å². The Morgan fingerprint density at radius 3 is 2.80 bits per heavy atom. The molecule has 6 heteroatoms. The molecule has 0 spiro atoms. The lowest BCUT2D eigenvalue weighted by Crippen LogP contribution is -2.09. The van der Waals surface area contributed by atoms with Crippen LogP contribution in [0.4, 0.5) is 8.78 Å². The van der Waals surface area contributed by atoms with Gasteiger partial charge in [-0.05, 0) is 30.5 Å². The third-order valence-corrected chi connectivity index (χ3v) is 2.44. The minimum atomic E-state index is -2.60. The number of halogens is 3. The first-order valence-electron chi connectivity index (χ1n) is 4.62. The van der Waals surface area contributed by atoms with E-state index in [1.807, 2.05) is 0 Å². The predicted molar refractivity (Wildman–Crippen MR) is 50.0 cm³/mol. The van der Waals surface area contributed by atoms with Gasteiger partial charge in [0, 0.05) is 11.6 Å².